The van der Waals surface area contributed by atoms with Gasteiger partial charge in [0.15, 0.2) is 0 Å². The highest BCUT2D eigenvalue weighted by molar-refractivity contribution is 6.62. The molecule has 2 fully saturated rings. The molecule has 2 heterocycles. The molecule has 0 atom stereocenters. The molecule has 2 saturated heterocycles. The maximum Gasteiger partial charge on any atom is 0.494 e. The Morgan fingerprint density at radius 2 is 1.45 bits per heavy atom. The van der Waals surface area contributed by atoms with Crippen LogP contribution in [0.1, 0.15) is 46.1 Å². The smallest absolute Gasteiger partial charge is 0.399 e. The number of alkyl halides is 1. The van der Waals surface area contributed by atoms with Gasteiger partial charge in [-0.2, -0.15) is 0 Å². The summed E-state index contributed by atoms with van der Waals surface area (Å²) in [4.78, 5) is 0. The number of hydrogen-bond acceptors (Lipinski definition) is 3. The SMILES string of the molecule is CC1(C)OB(c2ccc(C3(F)CCNCC3)cc2)OC1(C)C. The minimum atomic E-state index is -1.21. The van der Waals surface area contributed by atoms with Crippen LogP contribution in [0, 0.1) is 0 Å². The van der Waals surface area contributed by atoms with Gasteiger partial charge >= 0.3 is 7.12 Å². The van der Waals surface area contributed by atoms with E-state index in [1.165, 1.54) is 0 Å². The summed E-state index contributed by atoms with van der Waals surface area (Å²) in [5.74, 6) is 0. The zero-order chi connectivity index (χ0) is 16.0. The number of nitrogens with one attached hydrogen (secondary N) is 1. The Hall–Kier alpha value is -0.905. The topological polar surface area (TPSA) is 30.5 Å². The summed E-state index contributed by atoms with van der Waals surface area (Å²) in [5.41, 5.74) is -0.215. The van der Waals surface area contributed by atoms with Gasteiger partial charge in [-0.15, -0.1) is 0 Å². The van der Waals surface area contributed by atoms with Crippen molar-refractivity contribution in [3.63, 3.8) is 0 Å². The van der Waals surface area contributed by atoms with Crippen molar-refractivity contribution in [3.05, 3.63) is 29.8 Å². The van der Waals surface area contributed by atoms with Gasteiger partial charge in [-0.05, 0) is 64.7 Å². The number of halogens is 1. The first-order chi connectivity index (χ1) is 10.2. The average Bonchev–Trinajstić information content (AvgIpc) is 2.68. The summed E-state index contributed by atoms with van der Waals surface area (Å²) >= 11 is 0. The van der Waals surface area contributed by atoms with Crippen molar-refractivity contribution in [2.75, 3.05) is 13.1 Å². The fraction of sp³-hybridized carbons (Fsp3) is 0.647. The van der Waals surface area contributed by atoms with E-state index in [4.69, 9.17) is 9.31 Å². The van der Waals surface area contributed by atoms with Crippen LogP contribution in [0.2, 0.25) is 0 Å². The van der Waals surface area contributed by atoms with Crippen molar-refractivity contribution in [1.82, 2.24) is 5.32 Å². The molecule has 0 amide bonds. The van der Waals surface area contributed by atoms with Gasteiger partial charge in [-0.3, -0.25) is 0 Å². The molecule has 1 aromatic rings. The molecule has 22 heavy (non-hydrogen) atoms. The van der Waals surface area contributed by atoms with Gasteiger partial charge in [0.1, 0.15) is 5.67 Å². The predicted octanol–water partition coefficient (Wildman–Crippen LogP) is 2.53. The van der Waals surface area contributed by atoms with Crippen molar-refractivity contribution in [1.29, 1.82) is 0 Å². The molecule has 1 N–H and O–H groups in total. The van der Waals surface area contributed by atoms with Crippen LogP contribution in [-0.4, -0.2) is 31.4 Å². The molecule has 3 nitrogen and oxygen atoms in total. The van der Waals surface area contributed by atoms with Crippen LogP contribution in [0.15, 0.2) is 24.3 Å². The van der Waals surface area contributed by atoms with E-state index >= 15 is 0 Å². The van der Waals surface area contributed by atoms with Crippen LogP contribution < -0.4 is 10.8 Å². The first kappa shape index (κ1) is 16.0. The van der Waals surface area contributed by atoms with E-state index in [9.17, 15) is 4.39 Å². The summed E-state index contributed by atoms with van der Waals surface area (Å²) in [5, 5.41) is 3.20. The number of hydrogen-bond donors (Lipinski definition) is 1. The van der Waals surface area contributed by atoms with E-state index in [1.54, 1.807) is 0 Å². The fourth-order valence-electron chi connectivity index (χ4n) is 3.03. The molecular weight excluding hydrogens is 280 g/mol. The van der Waals surface area contributed by atoms with Crippen molar-refractivity contribution in [3.8, 4) is 0 Å². The summed E-state index contributed by atoms with van der Waals surface area (Å²) in [6, 6.07) is 7.62. The monoisotopic (exact) mass is 305 g/mol. The van der Waals surface area contributed by atoms with E-state index in [0.29, 0.717) is 12.8 Å². The molecule has 2 aliphatic rings. The predicted molar refractivity (Wildman–Crippen MR) is 87.0 cm³/mol. The van der Waals surface area contributed by atoms with Gasteiger partial charge in [0.25, 0.3) is 0 Å². The minimum Gasteiger partial charge on any atom is -0.399 e. The normalized spacial score (nSPS) is 26.1. The molecule has 0 radical (unpaired) electrons. The molecule has 2 aliphatic heterocycles. The molecule has 0 spiro atoms. The summed E-state index contributed by atoms with van der Waals surface area (Å²) < 4.78 is 27.0. The van der Waals surface area contributed by atoms with Gasteiger partial charge in [-0.1, -0.05) is 24.3 Å². The second-order valence-corrected chi connectivity index (χ2v) is 7.43. The van der Waals surface area contributed by atoms with Crippen LogP contribution in [0.5, 0.6) is 0 Å². The second kappa shape index (κ2) is 5.32. The Kier molecular flexibility index (Phi) is 3.87. The molecular formula is C17H25BFNO2. The Morgan fingerprint density at radius 3 is 1.95 bits per heavy atom. The quantitative estimate of drug-likeness (QED) is 0.852. The molecule has 120 valence electrons. The fourth-order valence-corrected chi connectivity index (χ4v) is 3.03. The Bertz CT molecular complexity index is 522. The van der Waals surface area contributed by atoms with E-state index in [-0.39, 0.29) is 18.3 Å². The zero-order valence-corrected chi connectivity index (χ0v) is 13.9. The van der Waals surface area contributed by atoms with Crippen molar-refractivity contribution in [2.45, 2.75) is 57.4 Å². The molecule has 1 aromatic carbocycles. The highest BCUT2D eigenvalue weighted by Gasteiger charge is 2.51. The summed E-state index contributed by atoms with van der Waals surface area (Å²) in [6.45, 7) is 9.60. The van der Waals surface area contributed by atoms with Crippen molar-refractivity contribution in [2.24, 2.45) is 0 Å². The van der Waals surface area contributed by atoms with Crippen LogP contribution >= 0.6 is 0 Å². The van der Waals surface area contributed by atoms with Gasteiger partial charge in [0.05, 0.1) is 11.2 Å². The van der Waals surface area contributed by atoms with E-state index in [1.807, 2.05) is 52.0 Å². The lowest BCUT2D eigenvalue weighted by molar-refractivity contribution is 0.00578. The van der Waals surface area contributed by atoms with Gasteiger partial charge in [-0.25, -0.2) is 4.39 Å². The molecule has 0 aromatic heterocycles. The lowest BCUT2D eigenvalue weighted by Crippen LogP contribution is -2.41. The van der Waals surface area contributed by atoms with Crippen LogP contribution in [-0.2, 0) is 15.0 Å². The first-order valence-electron chi connectivity index (χ1n) is 8.09. The third-order valence-electron chi connectivity index (χ3n) is 5.35. The maximum absolute atomic E-state index is 15.0. The van der Waals surface area contributed by atoms with Crippen molar-refractivity contribution >= 4 is 12.6 Å². The number of benzene rings is 1. The highest BCUT2D eigenvalue weighted by atomic mass is 19.1. The van der Waals surface area contributed by atoms with Gasteiger partial charge in [0, 0.05) is 0 Å². The van der Waals surface area contributed by atoms with Gasteiger partial charge < -0.3 is 14.6 Å². The van der Waals surface area contributed by atoms with E-state index in [2.05, 4.69) is 5.32 Å². The molecule has 5 heteroatoms. The molecule has 0 bridgehead atoms. The minimum absolute atomic E-state index is 0.354. The summed E-state index contributed by atoms with van der Waals surface area (Å²) in [6.07, 6.45) is 1.06. The van der Waals surface area contributed by atoms with E-state index in [0.717, 1.165) is 24.1 Å². The Morgan fingerprint density at radius 1 is 0.955 bits per heavy atom. The molecule has 0 unspecified atom stereocenters. The maximum atomic E-state index is 15.0. The van der Waals surface area contributed by atoms with E-state index < -0.39 is 5.67 Å². The van der Waals surface area contributed by atoms with Crippen LogP contribution in [0.4, 0.5) is 4.39 Å². The lowest BCUT2D eigenvalue weighted by atomic mass is 9.77. The lowest BCUT2D eigenvalue weighted by Gasteiger charge is -2.32. The average molecular weight is 305 g/mol. The van der Waals surface area contributed by atoms with Crippen LogP contribution in [0.25, 0.3) is 0 Å². The molecule has 0 aliphatic carbocycles. The van der Waals surface area contributed by atoms with Crippen molar-refractivity contribution < 1.29 is 13.7 Å². The Balaban J connectivity index is 1.78. The Labute approximate surface area is 132 Å². The molecule has 0 saturated carbocycles. The largest absolute Gasteiger partial charge is 0.494 e. The van der Waals surface area contributed by atoms with Crippen LogP contribution in [0.3, 0.4) is 0 Å². The third-order valence-corrected chi connectivity index (χ3v) is 5.35. The first-order valence-corrected chi connectivity index (χ1v) is 8.09. The van der Waals surface area contributed by atoms with Gasteiger partial charge in [0.2, 0.25) is 0 Å². The molecule has 3 rings (SSSR count). The number of piperidine rings is 1. The third kappa shape index (κ3) is 2.70. The standard InChI is InChI=1S/C17H25BFNO2/c1-15(2)16(3,4)22-18(21-15)14-7-5-13(6-8-14)17(19)9-11-20-12-10-17/h5-8,20H,9-12H2,1-4H3. The highest BCUT2D eigenvalue weighted by Crippen LogP contribution is 2.37. The number of rotatable bonds is 2. The second-order valence-electron chi connectivity index (χ2n) is 7.43. The zero-order valence-electron chi connectivity index (χ0n) is 13.9. The summed E-state index contributed by atoms with van der Waals surface area (Å²) in [7, 11) is -0.386.